The molecular weight excluding hydrogens is 389 g/mol. The Labute approximate surface area is 167 Å². The molecule has 0 saturated heterocycles. The van der Waals surface area contributed by atoms with Gasteiger partial charge < -0.3 is 20.9 Å². The molecule has 0 aromatic carbocycles. The lowest BCUT2D eigenvalue weighted by molar-refractivity contribution is -0.140. The number of nitrogens with one attached hydrogen (secondary N) is 4. The number of hydrogen-bond acceptors (Lipinski definition) is 5. The van der Waals surface area contributed by atoms with Crippen molar-refractivity contribution in [3.63, 3.8) is 0 Å². The number of alkyl halides is 3. The highest BCUT2D eigenvalue weighted by molar-refractivity contribution is 5.94. The first kappa shape index (κ1) is 22.2. The number of rotatable bonds is 7. The van der Waals surface area contributed by atoms with Crippen molar-refractivity contribution in [2.45, 2.75) is 45.5 Å². The number of anilines is 1. The largest absolute Gasteiger partial charge is 0.405 e. The van der Waals surface area contributed by atoms with E-state index in [4.69, 9.17) is 0 Å². The minimum Gasteiger partial charge on any atom is -0.356 e. The molecule has 0 bridgehead atoms. The zero-order valence-corrected chi connectivity index (χ0v) is 16.4. The summed E-state index contributed by atoms with van der Waals surface area (Å²) in [4.78, 5) is 35.4. The number of aromatic nitrogens is 3. The van der Waals surface area contributed by atoms with Crippen LogP contribution in [0, 0.1) is 0 Å². The fourth-order valence-corrected chi connectivity index (χ4v) is 2.34. The van der Waals surface area contributed by atoms with E-state index < -0.39 is 24.2 Å². The third-order valence-corrected chi connectivity index (χ3v) is 3.72. The molecule has 8 nitrogen and oxygen atoms in total. The summed E-state index contributed by atoms with van der Waals surface area (Å²) in [5, 5.41) is 7.39. The molecule has 2 rings (SSSR count). The van der Waals surface area contributed by atoms with Crippen molar-refractivity contribution in [1.29, 1.82) is 0 Å². The van der Waals surface area contributed by atoms with Crippen LogP contribution in [0.4, 0.5) is 19.0 Å². The molecule has 0 atom stereocenters. The van der Waals surface area contributed by atoms with E-state index in [-0.39, 0.29) is 25.0 Å². The number of hydrogen-bond donors (Lipinski definition) is 4. The molecule has 4 N–H and O–H groups in total. The third-order valence-electron chi connectivity index (χ3n) is 3.72. The molecule has 0 fully saturated rings. The second kappa shape index (κ2) is 8.50. The van der Waals surface area contributed by atoms with Crippen LogP contribution in [-0.2, 0) is 4.79 Å². The topological polar surface area (TPSA) is 112 Å². The van der Waals surface area contributed by atoms with Gasteiger partial charge in [0.2, 0.25) is 5.91 Å². The van der Waals surface area contributed by atoms with E-state index >= 15 is 0 Å². The minimum absolute atomic E-state index is 0. The van der Waals surface area contributed by atoms with Gasteiger partial charge in [0, 0.05) is 25.4 Å². The van der Waals surface area contributed by atoms with Crippen LogP contribution in [0.25, 0.3) is 11.4 Å². The van der Waals surface area contributed by atoms with Gasteiger partial charge in [0.05, 0.1) is 0 Å². The van der Waals surface area contributed by atoms with Crippen molar-refractivity contribution in [1.82, 2.24) is 25.6 Å². The summed E-state index contributed by atoms with van der Waals surface area (Å²) in [6.45, 7) is 5.13. The van der Waals surface area contributed by atoms with Crippen LogP contribution in [0.2, 0.25) is 0 Å². The number of halogens is 3. The molecule has 160 valence electrons. The maximum atomic E-state index is 12.3. The summed E-state index contributed by atoms with van der Waals surface area (Å²) in [7, 11) is 0. The summed E-state index contributed by atoms with van der Waals surface area (Å²) in [6.07, 6.45) is -1.49. The van der Waals surface area contributed by atoms with Gasteiger partial charge in [-0.3, -0.25) is 9.59 Å². The van der Waals surface area contributed by atoms with Crippen molar-refractivity contribution in [3.05, 3.63) is 30.2 Å². The third kappa shape index (κ3) is 6.47. The predicted octanol–water partition coefficient (Wildman–Crippen LogP) is 2.72. The maximum absolute atomic E-state index is 12.3. The molecular formula is C18H25F3N6O2. The Hall–Kier alpha value is -3.11. The molecule has 11 heteroatoms. The first-order valence-corrected chi connectivity index (χ1v) is 8.83. The lowest BCUT2D eigenvalue weighted by Crippen LogP contribution is -2.50. The van der Waals surface area contributed by atoms with Gasteiger partial charge in [-0.25, -0.2) is 9.97 Å². The smallest absolute Gasteiger partial charge is 0.356 e. The average Bonchev–Trinajstić information content (AvgIpc) is 3.08. The van der Waals surface area contributed by atoms with Gasteiger partial charge in [0.1, 0.15) is 23.6 Å². The molecule has 2 aromatic heterocycles. The number of H-pyrrole nitrogens is 1. The highest BCUT2D eigenvalue weighted by Crippen LogP contribution is 2.20. The Kier molecular flexibility index (Phi) is 6.50. The SMILES string of the molecule is CC(C)NC(=O)c1cc(-c2nccc(NC(C)(C)C(=O)NCC(F)(F)F)n2)c[nH]1.[HH]. The van der Waals surface area contributed by atoms with Crippen LogP contribution < -0.4 is 16.0 Å². The first-order chi connectivity index (χ1) is 13.4. The predicted molar refractivity (Wildman–Crippen MR) is 103 cm³/mol. The summed E-state index contributed by atoms with van der Waals surface area (Å²) >= 11 is 0. The van der Waals surface area contributed by atoms with Crippen molar-refractivity contribution < 1.29 is 24.2 Å². The molecule has 0 aliphatic rings. The first-order valence-electron chi connectivity index (χ1n) is 8.83. The Balaban J connectivity index is 0.00000450. The molecule has 0 saturated carbocycles. The fourth-order valence-electron chi connectivity index (χ4n) is 2.34. The Bertz CT molecular complexity index is 883. The van der Waals surface area contributed by atoms with E-state index in [1.54, 1.807) is 12.3 Å². The van der Waals surface area contributed by atoms with Crippen molar-refractivity contribution >= 4 is 17.6 Å². The molecule has 0 spiro atoms. The number of nitrogens with zero attached hydrogens (tertiary/aromatic N) is 2. The Morgan fingerprint density at radius 3 is 2.59 bits per heavy atom. The Morgan fingerprint density at radius 1 is 1.28 bits per heavy atom. The summed E-state index contributed by atoms with van der Waals surface area (Å²) < 4.78 is 36.9. The number of carbonyl (C=O) groups is 2. The number of carbonyl (C=O) groups excluding carboxylic acids is 2. The van der Waals surface area contributed by atoms with Crippen LogP contribution in [-0.4, -0.2) is 51.1 Å². The van der Waals surface area contributed by atoms with E-state index in [9.17, 15) is 22.8 Å². The zero-order valence-electron chi connectivity index (χ0n) is 16.4. The van der Waals surface area contributed by atoms with E-state index in [0.717, 1.165) is 0 Å². The minimum atomic E-state index is -4.50. The number of amides is 2. The van der Waals surface area contributed by atoms with Gasteiger partial charge in [0.15, 0.2) is 5.82 Å². The van der Waals surface area contributed by atoms with Crippen LogP contribution in [0.15, 0.2) is 24.5 Å². The quantitative estimate of drug-likeness (QED) is 0.557. The normalized spacial score (nSPS) is 12.0. The van der Waals surface area contributed by atoms with Crippen LogP contribution in [0.1, 0.15) is 39.6 Å². The molecule has 2 amide bonds. The van der Waals surface area contributed by atoms with Gasteiger partial charge >= 0.3 is 6.18 Å². The fraction of sp³-hybridized carbons (Fsp3) is 0.444. The van der Waals surface area contributed by atoms with Crippen molar-refractivity contribution in [2.75, 3.05) is 11.9 Å². The lowest BCUT2D eigenvalue weighted by atomic mass is 10.0. The Morgan fingerprint density at radius 2 is 1.97 bits per heavy atom. The van der Waals surface area contributed by atoms with Crippen molar-refractivity contribution in [3.8, 4) is 11.4 Å². The highest BCUT2D eigenvalue weighted by atomic mass is 19.4. The monoisotopic (exact) mass is 414 g/mol. The average molecular weight is 414 g/mol. The second-order valence-electron chi connectivity index (χ2n) is 7.24. The lowest BCUT2D eigenvalue weighted by Gasteiger charge is -2.26. The maximum Gasteiger partial charge on any atom is 0.405 e. The van der Waals surface area contributed by atoms with Gasteiger partial charge in [0.25, 0.3) is 5.91 Å². The van der Waals surface area contributed by atoms with E-state index in [2.05, 4.69) is 25.6 Å². The molecule has 0 radical (unpaired) electrons. The zero-order chi connectivity index (χ0) is 21.8. The van der Waals surface area contributed by atoms with Crippen LogP contribution in [0.3, 0.4) is 0 Å². The summed E-state index contributed by atoms with van der Waals surface area (Å²) in [5.74, 6) is -0.579. The molecule has 0 unspecified atom stereocenters. The van der Waals surface area contributed by atoms with Gasteiger partial charge in [-0.05, 0) is 39.8 Å². The standard InChI is InChI=1S/C18H23F3N6O2.H2/c1-10(2)25-15(28)12-7-11(8-23-12)14-22-6-5-13(26-14)27-17(3,4)16(29)24-9-18(19,20)21;/h5-8,10,23H,9H2,1-4H3,(H,24,29)(H,25,28)(H,22,26,27);1H. The molecule has 0 aliphatic heterocycles. The van der Waals surface area contributed by atoms with E-state index in [1.807, 2.05) is 19.2 Å². The van der Waals surface area contributed by atoms with Crippen LogP contribution >= 0.6 is 0 Å². The summed E-state index contributed by atoms with van der Waals surface area (Å²) in [5.41, 5.74) is -0.471. The second-order valence-corrected chi connectivity index (χ2v) is 7.24. The number of aromatic amines is 1. The molecule has 29 heavy (non-hydrogen) atoms. The molecule has 2 heterocycles. The van der Waals surface area contributed by atoms with Gasteiger partial charge in [-0.2, -0.15) is 13.2 Å². The van der Waals surface area contributed by atoms with Crippen molar-refractivity contribution in [2.24, 2.45) is 0 Å². The molecule has 2 aromatic rings. The van der Waals surface area contributed by atoms with E-state index in [1.165, 1.54) is 26.1 Å². The summed E-state index contributed by atoms with van der Waals surface area (Å²) in [6, 6.07) is 3.04. The van der Waals surface area contributed by atoms with E-state index in [0.29, 0.717) is 11.3 Å². The van der Waals surface area contributed by atoms with Gasteiger partial charge in [-0.1, -0.05) is 0 Å². The van der Waals surface area contributed by atoms with Gasteiger partial charge in [-0.15, -0.1) is 0 Å². The molecule has 0 aliphatic carbocycles. The van der Waals surface area contributed by atoms with Crippen LogP contribution in [0.5, 0.6) is 0 Å². The highest BCUT2D eigenvalue weighted by Gasteiger charge is 2.33.